The monoisotopic (exact) mass is 431 g/mol. The molecule has 0 radical (unpaired) electrons. The van der Waals surface area contributed by atoms with Gasteiger partial charge in [-0.1, -0.05) is 30.3 Å². The first-order chi connectivity index (χ1) is 15.5. The van der Waals surface area contributed by atoms with Gasteiger partial charge in [-0.2, -0.15) is 0 Å². The molecule has 2 unspecified atom stereocenters. The van der Waals surface area contributed by atoms with E-state index in [1.807, 2.05) is 30.0 Å². The van der Waals surface area contributed by atoms with E-state index >= 15 is 0 Å². The molecule has 166 valence electrons. The Bertz CT molecular complexity index is 1100. The number of aromatic amines is 1. The van der Waals surface area contributed by atoms with Crippen LogP contribution in [0.4, 0.5) is 0 Å². The van der Waals surface area contributed by atoms with E-state index in [9.17, 15) is 9.59 Å². The van der Waals surface area contributed by atoms with Crippen molar-refractivity contribution in [3.8, 4) is 0 Å². The van der Waals surface area contributed by atoms with Crippen LogP contribution in [0.3, 0.4) is 0 Å². The smallest absolute Gasteiger partial charge is 0.237 e. The zero-order chi connectivity index (χ0) is 22.3. The summed E-state index contributed by atoms with van der Waals surface area (Å²) < 4.78 is 0. The van der Waals surface area contributed by atoms with Crippen molar-refractivity contribution in [3.05, 3.63) is 66.1 Å². The summed E-state index contributed by atoms with van der Waals surface area (Å²) in [6.45, 7) is 2.96. The number of benzene rings is 1. The quantitative estimate of drug-likeness (QED) is 0.535. The number of carbonyl (C=O) groups is 2. The van der Waals surface area contributed by atoms with Crippen LogP contribution in [-0.2, 0) is 21.5 Å². The van der Waals surface area contributed by atoms with E-state index in [-0.39, 0.29) is 17.2 Å². The molecule has 3 atom stereocenters. The van der Waals surface area contributed by atoms with Crippen LogP contribution in [0.5, 0.6) is 0 Å². The van der Waals surface area contributed by atoms with Crippen LogP contribution >= 0.6 is 0 Å². The molecule has 1 saturated heterocycles. The van der Waals surface area contributed by atoms with E-state index in [1.165, 1.54) is 5.56 Å². The van der Waals surface area contributed by atoms with Gasteiger partial charge in [0.1, 0.15) is 0 Å². The molecule has 1 aromatic carbocycles. The number of rotatable bonds is 7. The molecule has 1 aliphatic carbocycles. The lowest BCUT2D eigenvalue weighted by Crippen LogP contribution is -2.51. The van der Waals surface area contributed by atoms with Crippen molar-refractivity contribution in [2.75, 3.05) is 6.54 Å². The highest BCUT2D eigenvalue weighted by Gasteiger charge is 2.55. The number of nitrogens with one attached hydrogen (secondary N) is 2. The molecule has 3 aromatic rings. The predicted molar refractivity (Wildman–Crippen MR) is 123 cm³/mol. The Morgan fingerprint density at radius 1 is 1.28 bits per heavy atom. The molecule has 2 amide bonds. The van der Waals surface area contributed by atoms with E-state index in [0.29, 0.717) is 25.4 Å². The summed E-state index contributed by atoms with van der Waals surface area (Å²) in [4.78, 5) is 34.7. The highest BCUT2D eigenvalue weighted by Crippen LogP contribution is 2.57. The summed E-state index contributed by atoms with van der Waals surface area (Å²) >= 11 is 0. The number of H-pyrrole nitrogens is 1. The van der Waals surface area contributed by atoms with Gasteiger partial charge in [0, 0.05) is 35.5 Å². The Labute approximate surface area is 187 Å². The van der Waals surface area contributed by atoms with Gasteiger partial charge in [-0.3, -0.25) is 19.5 Å². The Balaban J connectivity index is 1.28. The lowest BCUT2D eigenvalue weighted by Gasteiger charge is -2.28. The molecule has 0 spiro atoms. The maximum absolute atomic E-state index is 13.0. The Morgan fingerprint density at radius 2 is 2.06 bits per heavy atom. The number of fused-ring (bicyclic) bond motifs is 1. The molecule has 2 aromatic heterocycles. The normalized spacial score (nSPS) is 23.2. The van der Waals surface area contributed by atoms with E-state index in [4.69, 9.17) is 5.73 Å². The fourth-order valence-electron chi connectivity index (χ4n) is 5.41. The maximum Gasteiger partial charge on any atom is 0.237 e. The number of nitrogens with zero attached hydrogens (tertiary/aromatic N) is 2. The van der Waals surface area contributed by atoms with E-state index < -0.39 is 12.1 Å². The van der Waals surface area contributed by atoms with Crippen molar-refractivity contribution in [3.63, 3.8) is 0 Å². The molecule has 4 N–H and O–H groups in total. The predicted octanol–water partition coefficient (Wildman–Crippen LogP) is 2.48. The lowest BCUT2D eigenvalue weighted by molar-refractivity contribution is -0.129. The van der Waals surface area contributed by atoms with E-state index in [1.54, 1.807) is 12.4 Å². The van der Waals surface area contributed by atoms with Gasteiger partial charge < -0.3 is 16.0 Å². The topological polar surface area (TPSA) is 104 Å². The fraction of sp³-hybridized carbons (Fsp3) is 0.400. The highest BCUT2D eigenvalue weighted by atomic mass is 16.2. The first-order valence-electron chi connectivity index (χ1n) is 11.3. The number of pyridine rings is 1. The Kier molecular flexibility index (Phi) is 5.21. The van der Waals surface area contributed by atoms with Crippen LogP contribution in [0.15, 0.2) is 54.9 Å². The van der Waals surface area contributed by atoms with Crippen molar-refractivity contribution < 1.29 is 9.59 Å². The molecule has 1 saturated carbocycles. The van der Waals surface area contributed by atoms with Crippen LogP contribution in [0.1, 0.15) is 37.4 Å². The van der Waals surface area contributed by atoms with Gasteiger partial charge in [0.2, 0.25) is 11.8 Å². The minimum atomic E-state index is -0.435. The van der Waals surface area contributed by atoms with Crippen LogP contribution in [0.2, 0.25) is 0 Å². The number of likely N-dealkylation sites (tertiary alicyclic amines) is 1. The van der Waals surface area contributed by atoms with Crippen molar-refractivity contribution in [1.29, 1.82) is 0 Å². The van der Waals surface area contributed by atoms with Gasteiger partial charge in [0.15, 0.2) is 0 Å². The number of hydrogen-bond donors (Lipinski definition) is 3. The van der Waals surface area contributed by atoms with Crippen molar-refractivity contribution in [2.45, 2.75) is 50.2 Å². The van der Waals surface area contributed by atoms with Crippen LogP contribution < -0.4 is 11.1 Å². The molecule has 7 nitrogen and oxygen atoms in total. The number of nitrogens with two attached hydrogens (primary N) is 1. The SMILES string of the molecule is C[C@@H](C(=O)NCc1cc2cnccc2[nH]1)N1CC(C2(c3ccccc3)CC2)CC1C(N)=O. The molecule has 0 bridgehead atoms. The van der Waals surface area contributed by atoms with Gasteiger partial charge in [-0.15, -0.1) is 0 Å². The molecular weight excluding hydrogens is 402 g/mol. The zero-order valence-corrected chi connectivity index (χ0v) is 18.3. The summed E-state index contributed by atoms with van der Waals surface area (Å²) in [7, 11) is 0. The molecule has 3 heterocycles. The zero-order valence-electron chi connectivity index (χ0n) is 18.3. The highest BCUT2D eigenvalue weighted by molar-refractivity contribution is 5.85. The van der Waals surface area contributed by atoms with Crippen molar-refractivity contribution in [1.82, 2.24) is 20.2 Å². The molecule has 7 heteroatoms. The summed E-state index contributed by atoms with van der Waals surface area (Å²) in [6.07, 6.45) is 6.48. The first-order valence-corrected chi connectivity index (χ1v) is 11.3. The molecule has 1 aliphatic heterocycles. The van der Waals surface area contributed by atoms with Gasteiger partial charge >= 0.3 is 0 Å². The molecule has 2 fully saturated rings. The van der Waals surface area contributed by atoms with Gasteiger partial charge in [-0.25, -0.2) is 0 Å². The molecular formula is C25H29N5O2. The molecule has 32 heavy (non-hydrogen) atoms. The average molecular weight is 432 g/mol. The fourth-order valence-corrected chi connectivity index (χ4v) is 5.41. The van der Waals surface area contributed by atoms with E-state index in [0.717, 1.165) is 29.4 Å². The largest absolute Gasteiger partial charge is 0.368 e. The lowest BCUT2D eigenvalue weighted by atomic mass is 9.81. The van der Waals surface area contributed by atoms with Crippen molar-refractivity contribution in [2.24, 2.45) is 11.7 Å². The van der Waals surface area contributed by atoms with Gasteiger partial charge in [0.25, 0.3) is 0 Å². The van der Waals surface area contributed by atoms with Crippen LogP contribution in [-0.4, -0.2) is 45.3 Å². The van der Waals surface area contributed by atoms with Crippen molar-refractivity contribution >= 4 is 22.7 Å². The number of carbonyl (C=O) groups excluding carboxylic acids is 2. The number of aromatic nitrogens is 2. The molecule has 2 aliphatic rings. The molecule has 5 rings (SSSR count). The summed E-state index contributed by atoms with van der Waals surface area (Å²) in [5.74, 6) is -0.128. The third kappa shape index (κ3) is 3.66. The first kappa shape index (κ1) is 20.7. The van der Waals surface area contributed by atoms with Gasteiger partial charge in [-0.05, 0) is 55.2 Å². The third-order valence-corrected chi connectivity index (χ3v) is 7.39. The number of hydrogen-bond acceptors (Lipinski definition) is 4. The second-order valence-corrected chi connectivity index (χ2v) is 9.22. The van der Waals surface area contributed by atoms with Crippen LogP contribution in [0, 0.1) is 5.92 Å². The average Bonchev–Trinajstić information content (AvgIpc) is 3.31. The Morgan fingerprint density at radius 3 is 2.75 bits per heavy atom. The Hall–Kier alpha value is -3.19. The third-order valence-electron chi connectivity index (χ3n) is 7.39. The standard InChI is InChI=1S/C25H29N5O2/c1-16(24(32)28-14-20-11-17-13-27-10-7-21(17)29-20)30-15-19(12-22(30)23(26)31)25(8-9-25)18-5-3-2-4-6-18/h2-7,10-11,13,16,19,22,29H,8-9,12,14-15H2,1H3,(H2,26,31)(H,28,32)/t16-,19?,22?/m0/s1. The summed E-state index contributed by atoms with van der Waals surface area (Å²) in [6, 6.07) is 13.6. The van der Waals surface area contributed by atoms with E-state index in [2.05, 4.69) is 39.6 Å². The second-order valence-electron chi connectivity index (χ2n) is 9.22. The second kappa shape index (κ2) is 8.06. The number of primary amides is 1. The minimum Gasteiger partial charge on any atom is -0.368 e. The summed E-state index contributed by atoms with van der Waals surface area (Å²) in [5.41, 5.74) is 9.13. The minimum absolute atomic E-state index is 0.0989. The maximum atomic E-state index is 13.0. The van der Waals surface area contributed by atoms with Crippen LogP contribution in [0.25, 0.3) is 10.9 Å². The summed E-state index contributed by atoms with van der Waals surface area (Å²) in [5, 5.41) is 4.02. The number of amides is 2. The van der Waals surface area contributed by atoms with Gasteiger partial charge in [0.05, 0.1) is 18.6 Å².